The lowest BCUT2D eigenvalue weighted by Gasteiger charge is -2.13. The fraction of sp³-hybridized carbons (Fsp3) is 0.500. The Hall–Kier alpha value is -1.92. The SMILES string of the molecule is CCOC(=O)CN(C)C(=O)c1cn[nH]n1. The lowest BCUT2D eigenvalue weighted by molar-refractivity contribution is -0.143. The predicted molar refractivity (Wildman–Crippen MR) is 50.0 cm³/mol. The van der Waals surface area contributed by atoms with E-state index in [-0.39, 0.29) is 18.1 Å². The van der Waals surface area contributed by atoms with Gasteiger partial charge in [0.25, 0.3) is 5.91 Å². The highest BCUT2D eigenvalue weighted by molar-refractivity contribution is 5.93. The van der Waals surface area contributed by atoms with Crippen molar-refractivity contribution in [1.29, 1.82) is 0 Å². The van der Waals surface area contributed by atoms with Crippen molar-refractivity contribution < 1.29 is 14.3 Å². The van der Waals surface area contributed by atoms with Gasteiger partial charge in [-0.1, -0.05) is 0 Å². The van der Waals surface area contributed by atoms with Crippen molar-refractivity contribution in [3.05, 3.63) is 11.9 Å². The molecule has 0 aliphatic rings. The van der Waals surface area contributed by atoms with Gasteiger partial charge in [-0.3, -0.25) is 9.59 Å². The van der Waals surface area contributed by atoms with E-state index in [0.717, 1.165) is 0 Å². The van der Waals surface area contributed by atoms with Crippen LogP contribution in [-0.4, -0.2) is 52.4 Å². The van der Waals surface area contributed by atoms with Crippen LogP contribution >= 0.6 is 0 Å². The Morgan fingerprint density at radius 1 is 1.60 bits per heavy atom. The fourth-order valence-corrected chi connectivity index (χ4v) is 0.972. The topological polar surface area (TPSA) is 88.2 Å². The summed E-state index contributed by atoms with van der Waals surface area (Å²) >= 11 is 0. The molecule has 1 heterocycles. The smallest absolute Gasteiger partial charge is 0.325 e. The molecule has 1 rings (SSSR count). The van der Waals surface area contributed by atoms with Gasteiger partial charge in [0, 0.05) is 7.05 Å². The zero-order chi connectivity index (χ0) is 11.3. The third kappa shape index (κ3) is 3.04. The largest absolute Gasteiger partial charge is 0.465 e. The van der Waals surface area contributed by atoms with Crippen molar-refractivity contribution >= 4 is 11.9 Å². The summed E-state index contributed by atoms with van der Waals surface area (Å²) in [7, 11) is 1.49. The molecule has 0 bridgehead atoms. The number of aromatic nitrogens is 3. The molecule has 0 fully saturated rings. The number of H-pyrrole nitrogens is 1. The van der Waals surface area contributed by atoms with E-state index in [1.807, 2.05) is 0 Å². The molecule has 1 aromatic heterocycles. The molecule has 7 heteroatoms. The summed E-state index contributed by atoms with van der Waals surface area (Å²) in [6.45, 7) is 1.90. The number of amides is 1. The maximum atomic E-state index is 11.5. The third-order valence-electron chi connectivity index (χ3n) is 1.65. The number of carbonyl (C=O) groups is 2. The number of likely N-dealkylation sites (N-methyl/N-ethyl adjacent to an activating group) is 1. The number of ether oxygens (including phenoxy) is 1. The minimum Gasteiger partial charge on any atom is -0.465 e. The number of rotatable bonds is 4. The van der Waals surface area contributed by atoms with Gasteiger partial charge in [-0.05, 0) is 6.92 Å². The van der Waals surface area contributed by atoms with Gasteiger partial charge in [-0.15, -0.1) is 0 Å². The maximum Gasteiger partial charge on any atom is 0.325 e. The van der Waals surface area contributed by atoms with Gasteiger partial charge in [0.2, 0.25) is 0 Å². The number of aromatic amines is 1. The monoisotopic (exact) mass is 212 g/mol. The highest BCUT2D eigenvalue weighted by atomic mass is 16.5. The van der Waals surface area contributed by atoms with Crippen molar-refractivity contribution in [2.45, 2.75) is 6.92 Å². The summed E-state index contributed by atoms with van der Waals surface area (Å²) in [6.07, 6.45) is 1.30. The second kappa shape index (κ2) is 5.08. The van der Waals surface area contributed by atoms with E-state index in [0.29, 0.717) is 6.61 Å². The van der Waals surface area contributed by atoms with Crippen LogP contribution in [0.25, 0.3) is 0 Å². The van der Waals surface area contributed by atoms with Gasteiger partial charge in [0.05, 0.1) is 12.8 Å². The first-order valence-corrected chi connectivity index (χ1v) is 4.42. The minimum atomic E-state index is -0.447. The van der Waals surface area contributed by atoms with E-state index in [9.17, 15) is 9.59 Å². The van der Waals surface area contributed by atoms with E-state index in [1.54, 1.807) is 6.92 Å². The van der Waals surface area contributed by atoms with Crippen molar-refractivity contribution in [3.63, 3.8) is 0 Å². The van der Waals surface area contributed by atoms with E-state index >= 15 is 0 Å². The first-order chi connectivity index (χ1) is 7.15. The van der Waals surface area contributed by atoms with Crippen LogP contribution in [0.3, 0.4) is 0 Å². The van der Waals surface area contributed by atoms with Crippen LogP contribution in [0.1, 0.15) is 17.4 Å². The molecule has 0 atom stereocenters. The minimum absolute atomic E-state index is 0.0977. The molecule has 0 spiro atoms. The molecule has 0 aromatic carbocycles. The van der Waals surface area contributed by atoms with Crippen molar-refractivity contribution in [2.75, 3.05) is 20.2 Å². The molecule has 0 saturated carbocycles. The zero-order valence-electron chi connectivity index (χ0n) is 8.56. The molecule has 1 aromatic rings. The fourth-order valence-electron chi connectivity index (χ4n) is 0.972. The first kappa shape index (κ1) is 11.2. The molecule has 7 nitrogen and oxygen atoms in total. The Morgan fingerprint density at radius 3 is 2.87 bits per heavy atom. The zero-order valence-corrected chi connectivity index (χ0v) is 8.56. The molecule has 1 N–H and O–H groups in total. The van der Waals surface area contributed by atoms with Crippen LogP contribution in [0.5, 0.6) is 0 Å². The standard InChI is InChI=1S/C8H12N4O3/c1-3-15-7(13)5-12(2)8(14)6-4-9-11-10-6/h4H,3,5H2,1-2H3,(H,9,10,11). The van der Waals surface area contributed by atoms with Gasteiger partial charge >= 0.3 is 5.97 Å². The number of nitrogens with one attached hydrogen (secondary N) is 1. The molecular formula is C8H12N4O3. The molecular weight excluding hydrogens is 200 g/mol. The Kier molecular flexibility index (Phi) is 3.78. The van der Waals surface area contributed by atoms with Gasteiger partial charge in [-0.2, -0.15) is 15.4 Å². The summed E-state index contributed by atoms with van der Waals surface area (Å²) in [5, 5.41) is 9.43. The summed E-state index contributed by atoms with van der Waals surface area (Å²) in [6, 6.07) is 0. The Morgan fingerprint density at radius 2 is 2.33 bits per heavy atom. The highest BCUT2D eigenvalue weighted by Crippen LogP contribution is 1.96. The molecule has 0 aliphatic carbocycles. The summed E-state index contributed by atoms with van der Waals surface area (Å²) in [5.41, 5.74) is 0.168. The normalized spacial score (nSPS) is 9.73. The van der Waals surface area contributed by atoms with Crippen molar-refractivity contribution in [2.24, 2.45) is 0 Å². The quantitative estimate of drug-likeness (QED) is 0.676. The maximum absolute atomic E-state index is 11.5. The van der Waals surface area contributed by atoms with Crippen LogP contribution in [0.2, 0.25) is 0 Å². The summed E-state index contributed by atoms with van der Waals surface area (Å²) in [5.74, 6) is -0.825. The number of hydrogen-bond acceptors (Lipinski definition) is 5. The Balaban J connectivity index is 2.51. The average Bonchev–Trinajstić information content (AvgIpc) is 2.69. The van der Waals surface area contributed by atoms with Gasteiger partial charge in [-0.25, -0.2) is 0 Å². The van der Waals surface area contributed by atoms with E-state index in [1.165, 1.54) is 18.1 Å². The molecule has 0 aliphatic heterocycles. The molecule has 82 valence electrons. The number of hydrogen-bond donors (Lipinski definition) is 1. The number of esters is 1. The van der Waals surface area contributed by atoms with Crippen LogP contribution < -0.4 is 0 Å². The molecule has 15 heavy (non-hydrogen) atoms. The van der Waals surface area contributed by atoms with Gasteiger partial charge in [0.1, 0.15) is 6.54 Å². The third-order valence-corrected chi connectivity index (χ3v) is 1.65. The second-order valence-electron chi connectivity index (χ2n) is 2.82. The van der Waals surface area contributed by atoms with Crippen molar-refractivity contribution in [3.8, 4) is 0 Å². The van der Waals surface area contributed by atoms with Gasteiger partial charge in [0.15, 0.2) is 5.69 Å². The number of nitrogens with zero attached hydrogens (tertiary/aromatic N) is 3. The average molecular weight is 212 g/mol. The van der Waals surface area contributed by atoms with Crippen LogP contribution in [0, 0.1) is 0 Å². The van der Waals surface area contributed by atoms with Crippen molar-refractivity contribution in [1.82, 2.24) is 20.3 Å². The van der Waals surface area contributed by atoms with E-state index < -0.39 is 5.97 Å². The highest BCUT2D eigenvalue weighted by Gasteiger charge is 2.17. The second-order valence-corrected chi connectivity index (χ2v) is 2.82. The van der Waals surface area contributed by atoms with Crippen LogP contribution in [0.4, 0.5) is 0 Å². The number of carbonyl (C=O) groups excluding carboxylic acids is 2. The summed E-state index contributed by atoms with van der Waals surface area (Å²) in [4.78, 5) is 23.8. The molecule has 0 unspecified atom stereocenters. The van der Waals surface area contributed by atoms with Crippen LogP contribution in [0.15, 0.2) is 6.20 Å². The molecule has 0 radical (unpaired) electrons. The Bertz CT molecular complexity index is 336. The Labute approximate surface area is 86.4 Å². The lowest BCUT2D eigenvalue weighted by atomic mass is 10.4. The molecule has 1 amide bonds. The predicted octanol–water partition coefficient (Wildman–Crippen LogP) is -0.560. The van der Waals surface area contributed by atoms with Crippen LogP contribution in [-0.2, 0) is 9.53 Å². The van der Waals surface area contributed by atoms with Gasteiger partial charge < -0.3 is 9.64 Å². The first-order valence-electron chi connectivity index (χ1n) is 4.42. The van der Waals surface area contributed by atoms with E-state index in [2.05, 4.69) is 15.4 Å². The van der Waals surface area contributed by atoms with E-state index in [4.69, 9.17) is 4.74 Å². The molecule has 0 saturated heterocycles. The lowest BCUT2D eigenvalue weighted by Crippen LogP contribution is -2.33. The summed E-state index contributed by atoms with van der Waals surface area (Å²) < 4.78 is 4.70.